The number of nitrogens with zero attached hydrogens (tertiary/aromatic N) is 1. The average molecular weight is 342 g/mol. The second kappa shape index (κ2) is 6.70. The van der Waals surface area contributed by atoms with Crippen LogP contribution in [0.5, 0.6) is 0 Å². The molecule has 1 fully saturated rings. The highest BCUT2D eigenvalue weighted by molar-refractivity contribution is 9.10. The second-order valence-corrected chi connectivity index (χ2v) is 6.14. The third-order valence-electron chi connectivity index (χ3n) is 4.03. The van der Waals surface area contributed by atoms with Gasteiger partial charge in [-0.1, -0.05) is 28.9 Å². The molecular formula is C15H20BrNO3. The number of aliphatic hydroxyl groups excluding tert-OH is 1. The van der Waals surface area contributed by atoms with Crippen molar-refractivity contribution < 1.29 is 14.6 Å². The molecule has 0 bridgehead atoms. The van der Waals surface area contributed by atoms with Gasteiger partial charge >= 0.3 is 5.97 Å². The minimum absolute atomic E-state index is 0.193. The van der Waals surface area contributed by atoms with E-state index in [1.165, 1.54) is 7.11 Å². The van der Waals surface area contributed by atoms with E-state index in [4.69, 9.17) is 4.74 Å². The molecule has 0 radical (unpaired) electrons. The van der Waals surface area contributed by atoms with Crippen molar-refractivity contribution >= 4 is 21.9 Å². The number of halogens is 1. The van der Waals surface area contributed by atoms with Crippen LogP contribution in [-0.4, -0.2) is 42.3 Å². The number of hydrogen-bond donors (Lipinski definition) is 1. The Balaban J connectivity index is 2.12. The number of methoxy groups -OCH3 is 1. The molecule has 2 unspecified atom stereocenters. The maximum atomic E-state index is 11.5. The Hall–Kier alpha value is -0.910. The van der Waals surface area contributed by atoms with Crippen LogP contribution in [0.2, 0.25) is 0 Å². The quantitative estimate of drug-likeness (QED) is 0.854. The van der Waals surface area contributed by atoms with Crippen molar-refractivity contribution in [2.24, 2.45) is 5.92 Å². The van der Waals surface area contributed by atoms with E-state index in [1.54, 1.807) is 12.1 Å². The number of rotatable bonds is 4. The molecule has 1 aromatic carbocycles. The van der Waals surface area contributed by atoms with Gasteiger partial charge in [0.25, 0.3) is 0 Å². The fraction of sp³-hybridized carbons (Fsp3) is 0.533. The highest BCUT2D eigenvalue weighted by Crippen LogP contribution is 2.28. The summed E-state index contributed by atoms with van der Waals surface area (Å²) in [4.78, 5) is 13.8. The van der Waals surface area contributed by atoms with Crippen molar-refractivity contribution in [3.8, 4) is 0 Å². The Kier molecular flexibility index (Phi) is 5.18. The van der Waals surface area contributed by atoms with E-state index in [1.807, 2.05) is 6.07 Å². The standard InChI is InChI=1S/C15H20BrNO3/c1-10-5-6-17(14(10)9-18)8-12-4-3-11(7-13(12)16)15(19)20-2/h3-4,7,10,14,18H,5-6,8-9H2,1-2H3. The normalized spacial score (nSPS) is 23.0. The first-order chi connectivity index (χ1) is 9.56. The van der Waals surface area contributed by atoms with E-state index in [2.05, 4.69) is 27.8 Å². The lowest BCUT2D eigenvalue weighted by Crippen LogP contribution is -2.34. The Bertz CT molecular complexity index is 492. The van der Waals surface area contributed by atoms with Gasteiger partial charge in [-0.3, -0.25) is 4.90 Å². The van der Waals surface area contributed by atoms with E-state index in [0.717, 1.165) is 29.5 Å². The molecule has 0 aromatic heterocycles. The summed E-state index contributed by atoms with van der Waals surface area (Å²) in [5.41, 5.74) is 1.65. The van der Waals surface area contributed by atoms with Gasteiger partial charge in [0, 0.05) is 17.1 Å². The van der Waals surface area contributed by atoms with Crippen LogP contribution < -0.4 is 0 Å². The summed E-state index contributed by atoms with van der Waals surface area (Å²) in [6, 6.07) is 5.73. The average Bonchev–Trinajstić information content (AvgIpc) is 2.80. The summed E-state index contributed by atoms with van der Waals surface area (Å²) < 4.78 is 5.61. The molecule has 2 rings (SSSR count). The summed E-state index contributed by atoms with van der Waals surface area (Å²) in [6.45, 7) is 4.14. The van der Waals surface area contributed by atoms with Crippen LogP contribution in [0.3, 0.4) is 0 Å². The zero-order valence-corrected chi connectivity index (χ0v) is 13.4. The van der Waals surface area contributed by atoms with Crippen LogP contribution >= 0.6 is 15.9 Å². The SMILES string of the molecule is COC(=O)c1ccc(CN2CCC(C)C2CO)c(Br)c1. The Labute approximate surface area is 127 Å². The van der Waals surface area contributed by atoms with Gasteiger partial charge in [-0.25, -0.2) is 4.79 Å². The van der Waals surface area contributed by atoms with Crippen molar-refractivity contribution in [3.05, 3.63) is 33.8 Å². The molecule has 0 spiro atoms. The molecule has 4 nitrogen and oxygen atoms in total. The van der Waals surface area contributed by atoms with E-state index >= 15 is 0 Å². The molecule has 0 aliphatic carbocycles. The van der Waals surface area contributed by atoms with Gasteiger partial charge in [-0.2, -0.15) is 0 Å². The highest BCUT2D eigenvalue weighted by atomic mass is 79.9. The third kappa shape index (κ3) is 3.22. The van der Waals surface area contributed by atoms with Gasteiger partial charge in [0.2, 0.25) is 0 Å². The lowest BCUT2D eigenvalue weighted by molar-refractivity contribution is 0.0600. The molecule has 1 saturated heterocycles. The summed E-state index contributed by atoms with van der Waals surface area (Å²) in [5.74, 6) is 0.188. The second-order valence-electron chi connectivity index (χ2n) is 5.28. The van der Waals surface area contributed by atoms with Crippen LogP contribution in [0.15, 0.2) is 22.7 Å². The molecular weight excluding hydrogens is 322 g/mol. The predicted molar refractivity (Wildman–Crippen MR) is 80.5 cm³/mol. The first-order valence-corrected chi connectivity index (χ1v) is 7.57. The van der Waals surface area contributed by atoms with Crippen molar-refractivity contribution in [1.29, 1.82) is 0 Å². The van der Waals surface area contributed by atoms with Gasteiger partial charge < -0.3 is 9.84 Å². The molecule has 1 heterocycles. The lowest BCUT2D eigenvalue weighted by atomic mass is 10.0. The van der Waals surface area contributed by atoms with E-state index in [-0.39, 0.29) is 18.6 Å². The number of aliphatic hydroxyl groups is 1. The fourth-order valence-corrected chi connectivity index (χ4v) is 3.22. The number of benzene rings is 1. The molecule has 1 aliphatic heterocycles. The van der Waals surface area contributed by atoms with Crippen molar-refractivity contribution in [3.63, 3.8) is 0 Å². The van der Waals surface area contributed by atoms with Gasteiger partial charge in [-0.15, -0.1) is 0 Å². The monoisotopic (exact) mass is 341 g/mol. The topological polar surface area (TPSA) is 49.8 Å². The summed E-state index contributed by atoms with van der Waals surface area (Å²) >= 11 is 3.51. The summed E-state index contributed by atoms with van der Waals surface area (Å²) in [5, 5.41) is 9.49. The first-order valence-electron chi connectivity index (χ1n) is 6.78. The Morgan fingerprint density at radius 1 is 1.55 bits per heavy atom. The van der Waals surface area contributed by atoms with Gasteiger partial charge in [0.15, 0.2) is 0 Å². The zero-order chi connectivity index (χ0) is 14.7. The van der Waals surface area contributed by atoms with E-state index in [0.29, 0.717) is 11.5 Å². The molecule has 5 heteroatoms. The van der Waals surface area contributed by atoms with Crippen LogP contribution in [0.25, 0.3) is 0 Å². The van der Waals surface area contributed by atoms with Crippen molar-refractivity contribution in [1.82, 2.24) is 4.90 Å². The molecule has 20 heavy (non-hydrogen) atoms. The largest absolute Gasteiger partial charge is 0.465 e. The summed E-state index contributed by atoms with van der Waals surface area (Å²) in [7, 11) is 1.38. The molecule has 1 N–H and O–H groups in total. The van der Waals surface area contributed by atoms with Gasteiger partial charge in [0.1, 0.15) is 0 Å². The van der Waals surface area contributed by atoms with Crippen molar-refractivity contribution in [2.45, 2.75) is 25.9 Å². The number of ether oxygens (including phenoxy) is 1. The van der Waals surface area contributed by atoms with Crippen LogP contribution in [0.1, 0.15) is 29.3 Å². The number of carbonyl (C=O) groups excluding carboxylic acids is 1. The van der Waals surface area contributed by atoms with E-state index < -0.39 is 0 Å². The van der Waals surface area contributed by atoms with Crippen LogP contribution in [0.4, 0.5) is 0 Å². The minimum atomic E-state index is -0.333. The molecule has 1 aromatic rings. The summed E-state index contributed by atoms with van der Waals surface area (Å²) in [6.07, 6.45) is 1.11. The van der Waals surface area contributed by atoms with Gasteiger partial charge in [0.05, 0.1) is 19.3 Å². The highest BCUT2D eigenvalue weighted by Gasteiger charge is 2.30. The predicted octanol–water partition coefficient (Wildman–Crippen LogP) is 2.44. The zero-order valence-electron chi connectivity index (χ0n) is 11.8. The number of carbonyl (C=O) groups is 1. The molecule has 110 valence electrons. The van der Waals surface area contributed by atoms with Crippen LogP contribution in [0, 0.1) is 5.92 Å². The number of esters is 1. The first kappa shape index (κ1) is 15.5. The number of hydrogen-bond acceptors (Lipinski definition) is 4. The molecule has 1 aliphatic rings. The molecule has 2 atom stereocenters. The minimum Gasteiger partial charge on any atom is -0.465 e. The fourth-order valence-electron chi connectivity index (χ4n) is 2.72. The maximum absolute atomic E-state index is 11.5. The van der Waals surface area contributed by atoms with Crippen LogP contribution in [-0.2, 0) is 11.3 Å². The third-order valence-corrected chi connectivity index (χ3v) is 4.77. The van der Waals surface area contributed by atoms with Gasteiger partial charge in [-0.05, 0) is 36.6 Å². The van der Waals surface area contributed by atoms with E-state index in [9.17, 15) is 9.90 Å². The molecule has 0 saturated carbocycles. The van der Waals surface area contributed by atoms with Crippen molar-refractivity contribution in [2.75, 3.05) is 20.3 Å². The smallest absolute Gasteiger partial charge is 0.337 e. The Morgan fingerprint density at radius 3 is 2.90 bits per heavy atom. The Morgan fingerprint density at radius 2 is 2.30 bits per heavy atom. The lowest BCUT2D eigenvalue weighted by Gasteiger charge is -2.25. The maximum Gasteiger partial charge on any atom is 0.337 e. The molecule has 0 amide bonds. The number of likely N-dealkylation sites (tertiary alicyclic amines) is 1.